The Bertz CT molecular complexity index is 195. The van der Waals surface area contributed by atoms with Crippen molar-refractivity contribution in [1.29, 1.82) is 0 Å². The zero-order chi connectivity index (χ0) is 12.2. The van der Waals surface area contributed by atoms with Crippen LogP contribution in [0.3, 0.4) is 0 Å². The van der Waals surface area contributed by atoms with Crippen LogP contribution in [0.15, 0.2) is 0 Å². The first-order valence-corrected chi connectivity index (χ1v) is 6.45. The van der Waals surface area contributed by atoms with Gasteiger partial charge in [0.2, 0.25) is 0 Å². The van der Waals surface area contributed by atoms with Gasteiger partial charge in [0.1, 0.15) is 0 Å². The number of nitrogens with one attached hydrogen (secondary N) is 1. The van der Waals surface area contributed by atoms with Gasteiger partial charge in [-0.2, -0.15) is 0 Å². The van der Waals surface area contributed by atoms with Gasteiger partial charge in [0.25, 0.3) is 0 Å². The molecule has 0 spiro atoms. The van der Waals surface area contributed by atoms with Crippen molar-refractivity contribution in [3.63, 3.8) is 0 Å². The largest absolute Gasteiger partial charge is 0.396 e. The summed E-state index contributed by atoms with van der Waals surface area (Å²) in [6, 6.07) is 0.970. The highest BCUT2D eigenvalue weighted by atomic mass is 16.5. The van der Waals surface area contributed by atoms with Crippen molar-refractivity contribution in [2.75, 3.05) is 13.2 Å². The molecule has 3 nitrogen and oxygen atoms in total. The lowest BCUT2D eigenvalue weighted by Gasteiger charge is -2.41. The molecule has 1 aliphatic carbocycles. The maximum atomic E-state index is 9.08. The third-order valence-electron chi connectivity index (χ3n) is 3.40. The molecule has 0 bridgehead atoms. The molecule has 0 saturated heterocycles. The molecule has 1 aliphatic rings. The Morgan fingerprint density at radius 1 is 1.38 bits per heavy atom. The Morgan fingerprint density at radius 2 is 2.00 bits per heavy atom. The number of hydrogen-bond donors (Lipinski definition) is 2. The first-order chi connectivity index (χ1) is 7.47. The van der Waals surface area contributed by atoms with Crippen molar-refractivity contribution < 1.29 is 9.84 Å². The second kappa shape index (κ2) is 5.99. The lowest BCUT2D eigenvalue weighted by molar-refractivity contribution is -0.0170. The van der Waals surface area contributed by atoms with Crippen LogP contribution in [0.2, 0.25) is 0 Å². The Hall–Kier alpha value is -0.120. The van der Waals surface area contributed by atoms with E-state index < -0.39 is 0 Å². The van der Waals surface area contributed by atoms with Crippen LogP contribution < -0.4 is 5.32 Å². The van der Waals surface area contributed by atoms with E-state index in [0.717, 1.165) is 25.9 Å². The lowest BCUT2D eigenvalue weighted by Crippen LogP contribution is -2.53. The zero-order valence-electron chi connectivity index (χ0n) is 11.1. The van der Waals surface area contributed by atoms with Crippen LogP contribution in [0.1, 0.15) is 47.0 Å². The summed E-state index contributed by atoms with van der Waals surface area (Å²) in [5, 5.41) is 12.7. The molecule has 0 amide bonds. The highest BCUT2D eigenvalue weighted by Crippen LogP contribution is 2.28. The Morgan fingerprint density at radius 3 is 2.44 bits per heavy atom. The van der Waals surface area contributed by atoms with E-state index in [1.165, 1.54) is 0 Å². The predicted octanol–water partition coefficient (Wildman–Crippen LogP) is 1.94. The molecule has 2 N–H and O–H groups in total. The van der Waals surface area contributed by atoms with Crippen LogP contribution in [-0.4, -0.2) is 36.5 Å². The molecule has 1 unspecified atom stereocenters. The van der Waals surface area contributed by atoms with E-state index in [0.29, 0.717) is 18.2 Å². The van der Waals surface area contributed by atoms with Gasteiger partial charge in [-0.1, -0.05) is 20.8 Å². The smallest absolute Gasteiger partial charge is 0.0604 e. The van der Waals surface area contributed by atoms with E-state index in [1.807, 2.05) is 6.92 Å². The molecule has 1 saturated carbocycles. The summed E-state index contributed by atoms with van der Waals surface area (Å²) >= 11 is 0. The van der Waals surface area contributed by atoms with E-state index in [9.17, 15) is 0 Å². The monoisotopic (exact) mass is 229 g/mol. The Labute approximate surface area is 99.6 Å². The molecule has 3 heteroatoms. The van der Waals surface area contributed by atoms with E-state index >= 15 is 0 Å². The summed E-state index contributed by atoms with van der Waals surface area (Å²) < 4.78 is 5.55. The van der Waals surface area contributed by atoms with Crippen LogP contribution in [-0.2, 0) is 4.74 Å². The van der Waals surface area contributed by atoms with Gasteiger partial charge in [0, 0.05) is 25.3 Å². The lowest BCUT2D eigenvalue weighted by atomic mass is 9.81. The van der Waals surface area contributed by atoms with E-state index in [1.54, 1.807) is 0 Å². The van der Waals surface area contributed by atoms with Crippen LogP contribution in [0.25, 0.3) is 0 Å². The molecule has 1 atom stereocenters. The molecular formula is C13H27NO2. The SMILES string of the molecule is CCOC1CC(NC(CCO)C(C)(C)C)C1. The van der Waals surface area contributed by atoms with Crippen LogP contribution in [0.4, 0.5) is 0 Å². The standard InChI is InChI=1S/C13H27NO2/c1-5-16-11-8-10(9-11)14-12(6-7-15)13(2,3)4/h10-12,14-15H,5-9H2,1-4H3. The van der Waals surface area contributed by atoms with Crippen LogP contribution in [0, 0.1) is 5.41 Å². The summed E-state index contributed by atoms with van der Waals surface area (Å²) in [5.74, 6) is 0. The van der Waals surface area contributed by atoms with Crippen molar-refractivity contribution in [2.45, 2.75) is 65.1 Å². The Kier molecular flexibility index (Phi) is 5.22. The molecular weight excluding hydrogens is 202 g/mol. The summed E-state index contributed by atoms with van der Waals surface area (Å²) in [6.07, 6.45) is 3.52. The van der Waals surface area contributed by atoms with E-state index in [2.05, 4.69) is 26.1 Å². The quantitative estimate of drug-likeness (QED) is 0.731. The minimum absolute atomic E-state index is 0.208. The van der Waals surface area contributed by atoms with Crippen LogP contribution in [0.5, 0.6) is 0 Å². The summed E-state index contributed by atoms with van der Waals surface area (Å²) in [5.41, 5.74) is 0.208. The number of rotatable bonds is 6. The Balaban J connectivity index is 2.29. The summed E-state index contributed by atoms with van der Waals surface area (Å²) in [6.45, 7) is 9.79. The normalized spacial score (nSPS) is 27.6. The average Bonchev–Trinajstić information content (AvgIpc) is 2.11. The van der Waals surface area contributed by atoms with Crippen molar-refractivity contribution in [3.05, 3.63) is 0 Å². The summed E-state index contributed by atoms with van der Waals surface area (Å²) in [7, 11) is 0. The van der Waals surface area contributed by atoms with E-state index in [4.69, 9.17) is 9.84 Å². The fraction of sp³-hybridized carbons (Fsp3) is 1.00. The highest BCUT2D eigenvalue weighted by molar-refractivity contribution is 4.91. The van der Waals surface area contributed by atoms with Crippen molar-refractivity contribution in [3.8, 4) is 0 Å². The van der Waals surface area contributed by atoms with Gasteiger partial charge >= 0.3 is 0 Å². The third kappa shape index (κ3) is 4.04. The molecule has 1 fully saturated rings. The highest BCUT2D eigenvalue weighted by Gasteiger charge is 2.34. The second-order valence-electron chi connectivity index (χ2n) is 5.84. The van der Waals surface area contributed by atoms with Gasteiger partial charge in [-0.15, -0.1) is 0 Å². The molecule has 0 radical (unpaired) electrons. The molecule has 1 rings (SSSR count). The first-order valence-electron chi connectivity index (χ1n) is 6.45. The number of ether oxygens (including phenoxy) is 1. The second-order valence-corrected chi connectivity index (χ2v) is 5.84. The first kappa shape index (κ1) is 13.9. The number of aliphatic hydroxyl groups is 1. The van der Waals surface area contributed by atoms with Crippen molar-refractivity contribution in [2.24, 2.45) is 5.41 Å². The van der Waals surface area contributed by atoms with Crippen LogP contribution >= 0.6 is 0 Å². The minimum atomic E-state index is 0.208. The molecule has 0 aromatic rings. The van der Waals surface area contributed by atoms with E-state index in [-0.39, 0.29) is 12.0 Å². The third-order valence-corrected chi connectivity index (χ3v) is 3.40. The van der Waals surface area contributed by atoms with Crippen molar-refractivity contribution >= 4 is 0 Å². The van der Waals surface area contributed by atoms with Gasteiger partial charge in [-0.05, 0) is 31.6 Å². The van der Waals surface area contributed by atoms with Crippen molar-refractivity contribution in [1.82, 2.24) is 5.32 Å². The van der Waals surface area contributed by atoms with Gasteiger partial charge < -0.3 is 15.2 Å². The zero-order valence-corrected chi connectivity index (χ0v) is 11.1. The molecule has 16 heavy (non-hydrogen) atoms. The summed E-state index contributed by atoms with van der Waals surface area (Å²) in [4.78, 5) is 0. The fourth-order valence-electron chi connectivity index (χ4n) is 2.25. The maximum absolute atomic E-state index is 9.08. The van der Waals surface area contributed by atoms with Gasteiger partial charge in [-0.3, -0.25) is 0 Å². The number of aliphatic hydroxyl groups excluding tert-OH is 1. The molecule has 0 aromatic heterocycles. The molecule has 96 valence electrons. The molecule has 0 aromatic carbocycles. The van der Waals surface area contributed by atoms with Gasteiger partial charge in [0.15, 0.2) is 0 Å². The maximum Gasteiger partial charge on any atom is 0.0604 e. The fourth-order valence-corrected chi connectivity index (χ4v) is 2.25. The predicted molar refractivity (Wildman–Crippen MR) is 66.5 cm³/mol. The average molecular weight is 229 g/mol. The topological polar surface area (TPSA) is 41.5 Å². The van der Waals surface area contributed by atoms with Gasteiger partial charge in [0.05, 0.1) is 6.10 Å². The molecule has 0 aliphatic heterocycles. The molecule has 0 heterocycles. The number of hydrogen-bond acceptors (Lipinski definition) is 3. The van der Waals surface area contributed by atoms with Gasteiger partial charge in [-0.25, -0.2) is 0 Å². The minimum Gasteiger partial charge on any atom is -0.396 e.